The first kappa shape index (κ1) is 23.7. The van der Waals surface area contributed by atoms with Crippen molar-refractivity contribution in [3.8, 4) is 34.4 Å². The summed E-state index contributed by atoms with van der Waals surface area (Å²) in [5.74, 6) is -1.08. The molecule has 5 nitrogen and oxygen atoms in total. The van der Waals surface area contributed by atoms with Crippen LogP contribution in [0.5, 0.6) is 0 Å². The molecule has 0 radical (unpaired) electrons. The van der Waals surface area contributed by atoms with Crippen LogP contribution < -0.4 is 20.7 Å². The van der Waals surface area contributed by atoms with Gasteiger partial charge in [0.15, 0.2) is 13.9 Å². The monoisotopic (exact) mass is 837 g/mol. The molecule has 0 aliphatic carbocycles. The zero-order chi connectivity index (χ0) is 55.7. The Balaban J connectivity index is 1.26. The molecule has 0 saturated carbocycles. The molecule has 0 bridgehead atoms. The smallest absolute Gasteiger partial charge is 0.240 e. The lowest BCUT2D eigenvalue weighted by Crippen LogP contribution is -2.74. The van der Waals surface area contributed by atoms with Crippen molar-refractivity contribution in [3.63, 3.8) is 0 Å². The highest BCUT2D eigenvalue weighted by Crippen LogP contribution is 2.34. The molecule has 0 atom stereocenters. The fraction of sp³-hybridized carbons (Fsp3) is 0. The van der Waals surface area contributed by atoms with Crippen molar-refractivity contribution in [2.75, 3.05) is 0 Å². The second-order valence-electron chi connectivity index (χ2n) is 14.8. The van der Waals surface area contributed by atoms with E-state index in [1.165, 1.54) is 0 Å². The van der Waals surface area contributed by atoms with Crippen LogP contribution in [0.2, 0.25) is 0 Å². The third kappa shape index (κ3) is 5.95. The van der Waals surface area contributed by atoms with Crippen LogP contribution >= 0.6 is 0 Å². The van der Waals surface area contributed by atoms with Crippen LogP contribution in [0.15, 0.2) is 236 Å². The van der Waals surface area contributed by atoms with Gasteiger partial charge in [0.05, 0.1) is 44.0 Å². The van der Waals surface area contributed by atoms with Gasteiger partial charge >= 0.3 is 0 Å². The van der Waals surface area contributed by atoms with Crippen molar-refractivity contribution in [3.05, 3.63) is 236 Å². The normalized spacial score (nSPS) is 15.4. The Bertz CT molecular complexity index is 4200. The highest BCUT2D eigenvalue weighted by Gasteiger charge is 2.42. The van der Waals surface area contributed by atoms with Crippen LogP contribution in [-0.4, -0.2) is 32.2 Å². The lowest BCUT2D eigenvalue weighted by molar-refractivity contribution is 0.893. The Kier molecular flexibility index (Phi) is 5.67. The standard InChI is InChI=1S/C57H39N5Si/c1-4-20-40(21-5-1)41-22-18-28-45(38-41)63(43-24-6-2-7-25-43,44-26-8-3-9-27-44)46-29-19-23-42(39-46)55-58-56(61-51-34-14-10-30-47(51)48-31-11-15-35-52(48)61)60-57(59-55)62-53-36-16-12-32-49(53)50-33-13-17-37-54(50)62/h1-39H/i10D,11D,12D,13D,14D,15D,16D,17D,30D,31D,32D,33D,34D,35D,36D,37D. The maximum Gasteiger partial charge on any atom is 0.240 e. The molecule has 0 unspecified atom stereocenters. The fourth-order valence-corrected chi connectivity index (χ4v) is 13.6. The van der Waals surface area contributed by atoms with Crippen molar-refractivity contribution in [2.24, 2.45) is 0 Å². The molecule has 0 aliphatic heterocycles. The van der Waals surface area contributed by atoms with Gasteiger partial charge in [-0.1, -0.05) is 212 Å². The van der Waals surface area contributed by atoms with Crippen molar-refractivity contribution in [1.82, 2.24) is 24.1 Å². The van der Waals surface area contributed by atoms with E-state index in [2.05, 4.69) is 42.5 Å². The molecular weight excluding hydrogens is 783 g/mol. The highest BCUT2D eigenvalue weighted by atomic mass is 28.3. The number of hydrogen-bond donors (Lipinski definition) is 0. The van der Waals surface area contributed by atoms with Crippen LogP contribution in [0.1, 0.15) is 21.9 Å². The Labute approximate surface area is 388 Å². The first-order valence-corrected chi connectivity index (χ1v) is 22.1. The number of rotatable bonds is 8. The molecule has 0 saturated heterocycles. The van der Waals surface area contributed by atoms with Crippen molar-refractivity contribution < 1.29 is 21.9 Å². The summed E-state index contributed by atoms with van der Waals surface area (Å²) in [6, 6.07) is 35.6. The molecule has 0 spiro atoms. The predicted octanol–water partition coefficient (Wildman–Crippen LogP) is 10.8. The van der Waals surface area contributed by atoms with Crippen LogP contribution in [0.25, 0.3) is 78.0 Å². The lowest BCUT2D eigenvalue weighted by Gasteiger charge is -2.35. The Morgan fingerprint density at radius 2 is 0.683 bits per heavy atom. The maximum absolute atomic E-state index is 9.36. The first-order valence-electron chi connectivity index (χ1n) is 28.1. The topological polar surface area (TPSA) is 48.5 Å². The molecule has 3 heterocycles. The van der Waals surface area contributed by atoms with Gasteiger partial charge in [-0.2, -0.15) is 15.0 Å². The SMILES string of the molecule is [2H]c1c([2H])c([2H])c2c(c1[2H])c1c([2H])c([2H])c([2H])c([2H])c1n2-c1nc(-c2cccc([Si](c3ccccc3)(c3ccccc3)c3cccc(-c4ccccc4)c3)c2)nc(-n2c3c([2H])c([2H])c([2H])c([2H])c3c3c([2H])c([2H])c([2H])c([2H])c32)n1. The van der Waals surface area contributed by atoms with E-state index in [-0.39, 0.29) is 49.4 Å². The van der Waals surface area contributed by atoms with E-state index in [1.807, 2.05) is 91.0 Å². The van der Waals surface area contributed by atoms with E-state index in [0.29, 0.717) is 5.56 Å². The maximum atomic E-state index is 9.36. The number of benzene rings is 9. The summed E-state index contributed by atoms with van der Waals surface area (Å²) >= 11 is 0. The Morgan fingerprint density at radius 3 is 1.13 bits per heavy atom. The molecule has 0 aliphatic rings. The molecule has 0 N–H and O–H groups in total. The van der Waals surface area contributed by atoms with Crippen molar-refractivity contribution in [1.29, 1.82) is 0 Å². The predicted molar refractivity (Wildman–Crippen MR) is 263 cm³/mol. The second kappa shape index (κ2) is 15.1. The molecule has 0 amide bonds. The van der Waals surface area contributed by atoms with Crippen LogP contribution in [0.4, 0.5) is 0 Å². The van der Waals surface area contributed by atoms with E-state index in [1.54, 1.807) is 6.07 Å². The van der Waals surface area contributed by atoms with E-state index in [4.69, 9.17) is 31.4 Å². The van der Waals surface area contributed by atoms with Crippen molar-refractivity contribution >= 4 is 72.4 Å². The summed E-state index contributed by atoms with van der Waals surface area (Å²) < 4.78 is 146. The Morgan fingerprint density at radius 1 is 0.333 bits per heavy atom. The molecule has 296 valence electrons. The van der Waals surface area contributed by atoms with Crippen LogP contribution in [0, 0.1) is 0 Å². The average Bonchev–Trinajstić information content (AvgIpc) is 3.71. The number of fused-ring (bicyclic) bond motifs is 6. The minimum atomic E-state index is -3.43. The minimum Gasteiger partial charge on any atom is -0.278 e. The van der Waals surface area contributed by atoms with E-state index in [0.717, 1.165) is 41.0 Å². The van der Waals surface area contributed by atoms with E-state index >= 15 is 0 Å². The van der Waals surface area contributed by atoms with Gasteiger partial charge in [0.1, 0.15) is 0 Å². The molecule has 0 fully saturated rings. The second-order valence-corrected chi connectivity index (χ2v) is 18.6. The summed E-state index contributed by atoms with van der Waals surface area (Å²) in [7, 11) is -3.43. The van der Waals surface area contributed by atoms with Gasteiger partial charge in [-0.05, 0) is 56.0 Å². The third-order valence-corrected chi connectivity index (χ3v) is 16.2. The molecule has 12 aromatic rings. The van der Waals surface area contributed by atoms with Crippen molar-refractivity contribution in [2.45, 2.75) is 0 Å². The largest absolute Gasteiger partial charge is 0.278 e. The lowest BCUT2D eigenvalue weighted by atomic mass is 10.1. The van der Waals surface area contributed by atoms with E-state index in [9.17, 15) is 5.48 Å². The average molecular weight is 838 g/mol. The fourth-order valence-electron chi connectivity index (χ4n) is 8.76. The van der Waals surface area contributed by atoms with Gasteiger partial charge in [0, 0.05) is 27.1 Å². The van der Waals surface area contributed by atoms with Gasteiger partial charge in [-0.3, -0.25) is 9.13 Å². The van der Waals surface area contributed by atoms with Gasteiger partial charge < -0.3 is 0 Å². The van der Waals surface area contributed by atoms with Crippen LogP contribution in [0.3, 0.4) is 0 Å². The van der Waals surface area contributed by atoms with Gasteiger partial charge in [0.25, 0.3) is 0 Å². The molecule has 12 rings (SSSR count). The number of aromatic nitrogens is 5. The molecule has 9 aromatic carbocycles. The number of hydrogen-bond acceptors (Lipinski definition) is 3. The van der Waals surface area contributed by atoms with E-state index < -0.39 is 117 Å². The molecule has 6 heteroatoms. The van der Waals surface area contributed by atoms with Gasteiger partial charge in [-0.15, -0.1) is 0 Å². The van der Waals surface area contributed by atoms with Crippen LogP contribution in [-0.2, 0) is 0 Å². The summed E-state index contributed by atoms with van der Waals surface area (Å²) in [4.78, 5) is 15.0. The quantitative estimate of drug-likeness (QED) is 0.113. The molecular formula is C57H39N5Si. The first-order chi connectivity index (χ1) is 37.9. The molecule has 63 heavy (non-hydrogen) atoms. The Hall–Kier alpha value is -8.19. The highest BCUT2D eigenvalue weighted by molar-refractivity contribution is 7.20. The number of nitrogens with zero attached hydrogens (tertiary/aromatic N) is 5. The number of para-hydroxylation sites is 4. The zero-order valence-electron chi connectivity index (χ0n) is 49.0. The third-order valence-electron chi connectivity index (χ3n) is 11.4. The summed E-state index contributed by atoms with van der Waals surface area (Å²) in [6.45, 7) is 0. The zero-order valence-corrected chi connectivity index (χ0v) is 34.0. The van der Waals surface area contributed by atoms with Gasteiger partial charge in [-0.25, -0.2) is 0 Å². The minimum absolute atomic E-state index is 0.141. The summed E-state index contributed by atoms with van der Waals surface area (Å²) in [5, 5.41) is 2.83. The summed E-state index contributed by atoms with van der Waals surface area (Å²) in [6.07, 6.45) is 0. The molecule has 3 aromatic heterocycles. The van der Waals surface area contributed by atoms with Gasteiger partial charge in [0.2, 0.25) is 11.9 Å². The summed E-state index contributed by atoms with van der Waals surface area (Å²) in [5.41, 5.74) is 1.02.